The predicted octanol–water partition coefficient (Wildman–Crippen LogP) is 3.45. The molecule has 0 saturated carbocycles. The summed E-state index contributed by atoms with van der Waals surface area (Å²) in [7, 11) is 0. The first kappa shape index (κ1) is 13.0. The fourth-order valence-electron chi connectivity index (χ4n) is 1.38. The monoisotopic (exact) mass is 278 g/mol. The van der Waals surface area contributed by atoms with Crippen LogP contribution in [-0.4, -0.2) is 11.7 Å². The SMILES string of the molecule is Nc1ccc(NC(=O)CCSc2cccs2)cc1. The molecule has 0 aliphatic rings. The fraction of sp³-hybridized carbons (Fsp3) is 0.154. The molecule has 1 aromatic heterocycles. The van der Waals surface area contributed by atoms with Crippen molar-refractivity contribution in [2.24, 2.45) is 0 Å². The maximum absolute atomic E-state index is 11.7. The lowest BCUT2D eigenvalue weighted by Crippen LogP contribution is -2.12. The normalized spacial score (nSPS) is 10.2. The zero-order valence-corrected chi connectivity index (χ0v) is 11.4. The number of carbonyl (C=O) groups excluding carboxylic acids is 1. The number of carbonyl (C=O) groups is 1. The number of thioether (sulfide) groups is 1. The maximum atomic E-state index is 11.7. The minimum atomic E-state index is 0.0313. The smallest absolute Gasteiger partial charge is 0.225 e. The Balaban J connectivity index is 1.73. The number of amides is 1. The predicted molar refractivity (Wildman–Crippen MR) is 79.1 cm³/mol. The van der Waals surface area contributed by atoms with Crippen molar-refractivity contribution in [2.45, 2.75) is 10.6 Å². The van der Waals surface area contributed by atoms with Crippen LogP contribution >= 0.6 is 23.1 Å². The van der Waals surface area contributed by atoms with Gasteiger partial charge in [0.2, 0.25) is 5.91 Å². The van der Waals surface area contributed by atoms with E-state index in [0.717, 1.165) is 11.4 Å². The topological polar surface area (TPSA) is 55.1 Å². The highest BCUT2D eigenvalue weighted by atomic mass is 32.2. The lowest BCUT2D eigenvalue weighted by atomic mass is 10.3. The Hall–Kier alpha value is -1.46. The van der Waals surface area contributed by atoms with Gasteiger partial charge < -0.3 is 11.1 Å². The van der Waals surface area contributed by atoms with Gasteiger partial charge in [-0.3, -0.25) is 4.79 Å². The molecule has 18 heavy (non-hydrogen) atoms. The first-order chi connectivity index (χ1) is 8.74. The molecule has 0 saturated heterocycles. The van der Waals surface area contributed by atoms with Crippen molar-refractivity contribution in [3.63, 3.8) is 0 Å². The molecule has 0 spiro atoms. The van der Waals surface area contributed by atoms with E-state index in [2.05, 4.69) is 11.4 Å². The highest BCUT2D eigenvalue weighted by molar-refractivity contribution is 8.01. The number of anilines is 2. The molecule has 1 amide bonds. The number of hydrogen-bond donors (Lipinski definition) is 2. The maximum Gasteiger partial charge on any atom is 0.225 e. The Bertz CT molecular complexity index is 494. The number of hydrogen-bond acceptors (Lipinski definition) is 4. The van der Waals surface area contributed by atoms with E-state index in [9.17, 15) is 4.79 Å². The molecule has 0 radical (unpaired) electrons. The van der Waals surface area contributed by atoms with E-state index in [0.29, 0.717) is 12.1 Å². The second-order valence-corrected chi connectivity index (χ2v) is 6.04. The van der Waals surface area contributed by atoms with Gasteiger partial charge in [-0.1, -0.05) is 6.07 Å². The van der Waals surface area contributed by atoms with Gasteiger partial charge in [0.1, 0.15) is 0 Å². The second-order valence-electron chi connectivity index (χ2n) is 3.70. The fourth-order valence-corrected chi connectivity index (χ4v) is 3.18. The van der Waals surface area contributed by atoms with E-state index in [1.54, 1.807) is 47.4 Å². The Morgan fingerprint density at radius 3 is 2.72 bits per heavy atom. The molecule has 0 aliphatic carbocycles. The molecule has 2 rings (SSSR count). The van der Waals surface area contributed by atoms with Gasteiger partial charge in [0.15, 0.2) is 0 Å². The molecule has 0 unspecified atom stereocenters. The Kier molecular flexibility index (Phi) is 4.66. The summed E-state index contributed by atoms with van der Waals surface area (Å²) in [6.45, 7) is 0. The summed E-state index contributed by atoms with van der Waals surface area (Å²) in [6.07, 6.45) is 0.507. The lowest BCUT2D eigenvalue weighted by molar-refractivity contribution is -0.115. The minimum Gasteiger partial charge on any atom is -0.399 e. The van der Waals surface area contributed by atoms with E-state index in [4.69, 9.17) is 5.73 Å². The van der Waals surface area contributed by atoms with Crippen LogP contribution in [0, 0.1) is 0 Å². The first-order valence-electron chi connectivity index (χ1n) is 5.56. The molecule has 1 heterocycles. The summed E-state index contributed by atoms with van der Waals surface area (Å²) in [6, 6.07) is 11.2. The number of rotatable bonds is 5. The molecule has 3 nitrogen and oxygen atoms in total. The zero-order valence-electron chi connectivity index (χ0n) is 9.76. The molecule has 1 aromatic carbocycles. The van der Waals surface area contributed by atoms with E-state index in [1.165, 1.54) is 4.21 Å². The summed E-state index contributed by atoms with van der Waals surface area (Å²) >= 11 is 3.40. The molecule has 0 fully saturated rings. The van der Waals surface area contributed by atoms with Crippen molar-refractivity contribution in [1.29, 1.82) is 0 Å². The van der Waals surface area contributed by atoms with Crippen molar-refractivity contribution in [3.05, 3.63) is 41.8 Å². The number of nitrogens with two attached hydrogens (primary N) is 1. The van der Waals surface area contributed by atoms with Crippen LogP contribution in [0.15, 0.2) is 46.0 Å². The molecule has 3 N–H and O–H groups in total. The van der Waals surface area contributed by atoms with Gasteiger partial charge in [-0.15, -0.1) is 23.1 Å². The summed E-state index contributed by atoms with van der Waals surface area (Å²) in [4.78, 5) is 11.7. The van der Waals surface area contributed by atoms with Crippen LogP contribution in [0.1, 0.15) is 6.42 Å². The van der Waals surface area contributed by atoms with Gasteiger partial charge in [-0.25, -0.2) is 0 Å². The summed E-state index contributed by atoms with van der Waals surface area (Å²) < 4.78 is 1.25. The zero-order chi connectivity index (χ0) is 12.8. The van der Waals surface area contributed by atoms with Gasteiger partial charge in [-0.05, 0) is 35.7 Å². The standard InChI is InChI=1S/C13H14N2OS2/c14-10-3-5-11(6-4-10)15-12(16)7-9-18-13-2-1-8-17-13/h1-6,8H,7,9,14H2,(H,15,16). The lowest BCUT2D eigenvalue weighted by Gasteiger charge is -2.04. The third kappa shape index (κ3) is 4.09. The average Bonchev–Trinajstić information content (AvgIpc) is 2.85. The highest BCUT2D eigenvalue weighted by Gasteiger charge is 2.03. The van der Waals surface area contributed by atoms with Crippen LogP contribution in [0.5, 0.6) is 0 Å². The number of thiophene rings is 1. The molecule has 0 bridgehead atoms. The Morgan fingerprint density at radius 2 is 2.06 bits per heavy atom. The van der Waals surface area contributed by atoms with Crippen LogP contribution in [0.2, 0.25) is 0 Å². The summed E-state index contributed by atoms with van der Waals surface area (Å²) in [5, 5.41) is 4.88. The van der Waals surface area contributed by atoms with Crippen LogP contribution in [0.25, 0.3) is 0 Å². The number of nitrogen functional groups attached to an aromatic ring is 1. The first-order valence-corrected chi connectivity index (χ1v) is 7.42. The van der Waals surface area contributed by atoms with E-state index < -0.39 is 0 Å². The molecular weight excluding hydrogens is 264 g/mol. The van der Waals surface area contributed by atoms with Crippen molar-refractivity contribution in [3.8, 4) is 0 Å². The Labute approximate surface area is 114 Å². The minimum absolute atomic E-state index is 0.0313. The van der Waals surface area contributed by atoms with Gasteiger partial charge in [0.25, 0.3) is 0 Å². The number of benzene rings is 1. The second kappa shape index (κ2) is 6.47. The van der Waals surface area contributed by atoms with Gasteiger partial charge in [0.05, 0.1) is 4.21 Å². The molecule has 2 aromatic rings. The van der Waals surface area contributed by atoms with Crippen molar-refractivity contribution in [1.82, 2.24) is 0 Å². The third-order valence-electron chi connectivity index (χ3n) is 2.26. The van der Waals surface area contributed by atoms with Crippen LogP contribution in [0.3, 0.4) is 0 Å². The van der Waals surface area contributed by atoms with Gasteiger partial charge in [-0.2, -0.15) is 0 Å². The van der Waals surface area contributed by atoms with Crippen LogP contribution < -0.4 is 11.1 Å². The largest absolute Gasteiger partial charge is 0.399 e. The van der Waals surface area contributed by atoms with Crippen LogP contribution in [0.4, 0.5) is 11.4 Å². The summed E-state index contributed by atoms with van der Waals surface area (Å²) in [5.41, 5.74) is 7.06. The van der Waals surface area contributed by atoms with E-state index in [1.807, 2.05) is 11.4 Å². The average molecular weight is 278 g/mol. The summed E-state index contributed by atoms with van der Waals surface area (Å²) in [5.74, 6) is 0.824. The van der Waals surface area contributed by atoms with Crippen LogP contribution in [-0.2, 0) is 4.79 Å². The molecule has 94 valence electrons. The van der Waals surface area contributed by atoms with Gasteiger partial charge >= 0.3 is 0 Å². The van der Waals surface area contributed by atoms with Crippen molar-refractivity contribution in [2.75, 3.05) is 16.8 Å². The third-order valence-corrected chi connectivity index (χ3v) is 4.40. The number of nitrogens with one attached hydrogen (secondary N) is 1. The van der Waals surface area contributed by atoms with Crippen molar-refractivity contribution >= 4 is 40.4 Å². The molecule has 0 atom stereocenters. The molecular formula is C13H14N2OS2. The van der Waals surface area contributed by atoms with Gasteiger partial charge in [0, 0.05) is 23.5 Å². The van der Waals surface area contributed by atoms with E-state index >= 15 is 0 Å². The Morgan fingerprint density at radius 1 is 1.28 bits per heavy atom. The highest BCUT2D eigenvalue weighted by Crippen LogP contribution is 2.23. The quantitative estimate of drug-likeness (QED) is 0.650. The van der Waals surface area contributed by atoms with E-state index in [-0.39, 0.29) is 5.91 Å². The molecule has 5 heteroatoms. The van der Waals surface area contributed by atoms with Crippen molar-refractivity contribution < 1.29 is 4.79 Å². The molecule has 0 aliphatic heterocycles.